The number of aliphatic hydroxyl groups excluding tert-OH is 1. The zero-order chi connectivity index (χ0) is 29.3. The Balaban J connectivity index is 2.55. The van der Waals surface area contributed by atoms with Crippen LogP contribution in [0.5, 0.6) is 0 Å². The van der Waals surface area contributed by atoms with Crippen LogP contribution in [0.3, 0.4) is 0 Å². The summed E-state index contributed by atoms with van der Waals surface area (Å²) in [4.78, 5) is 50.3. The van der Waals surface area contributed by atoms with Gasteiger partial charge >= 0.3 is 6.09 Å². The van der Waals surface area contributed by atoms with E-state index in [1.165, 1.54) is 40.4 Å². The molecule has 2 rings (SSSR count). The molecular weight excluding hydrogens is 508 g/mol. The van der Waals surface area contributed by atoms with Crippen LogP contribution in [0.15, 0.2) is 59.1 Å². The number of methoxy groups -OCH3 is 3. The highest BCUT2D eigenvalue weighted by Crippen LogP contribution is 2.29. The first-order chi connectivity index (χ1) is 18.4. The minimum atomic E-state index is -1.01. The summed E-state index contributed by atoms with van der Waals surface area (Å²) in [6.07, 6.45) is 5.06. The SMILES string of the molecule is COC1=C2C[C@@H](C)C[C@H](OC)[C@H](O)[C@@H](C)/C=C\[C@H](OC(N)=O)[C@@H](OC)/C=C\C=C(\C)C(=O)NC(=CC1=O)C2=O. The molecule has 2 amide bonds. The van der Waals surface area contributed by atoms with Gasteiger partial charge in [-0.1, -0.05) is 38.2 Å². The number of amides is 2. The Bertz CT molecular complexity index is 1100. The van der Waals surface area contributed by atoms with E-state index in [0.29, 0.717) is 6.42 Å². The molecule has 0 unspecified atom stereocenters. The summed E-state index contributed by atoms with van der Waals surface area (Å²) in [5.74, 6) is -2.38. The Morgan fingerprint density at radius 2 is 1.74 bits per heavy atom. The lowest BCUT2D eigenvalue weighted by Crippen LogP contribution is -2.36. The number of nitrogens with one attached hydrogen (secondary N) is 1. The van der Waals surface area contributed by atoms with Crippen LogP contribution in [-0.2, 0) is 33.3 Å². The Labute approximate surface area is 228 Å². The fourth-order valence-electron chi connectivity index (χ4n) is 4.40. The average molecular weight is 547 g/mol. The lowest BCUT2D eigenvalue weighted by atomic mass is 9.86. The van der Waals surface area contributed by atoms with E-state index in [1.54, 1.807) is 25.2 Å². The Morgan fingerprint density at radius 3 is 2.33 bits per heavy atom. The molecule has 0 fully saturated rings. The van der Waals surface area contributed by atoms with Gasteiger partial charge in [0.25, 0.3) is 5.91 Å². The van der Waals surface area contributed by atoms with Crippen molar-refractivity contribution in [3.63, 3.8) is 0 Å². The van der Waals surface area contributed by atoms with E-state index >= 15 is 0 Å². The van der Waals surface area contributed by atoms with Gasteiger partial charge in [0.1, 0.15) is 6.10 Å². The number of Topliss-reactive ketones (excluding diaryl/α,β-unsaturated/α-hetero) is 1. The molecule has 0 aromatic carbocycles. The van der Waals surface area contributed by atoms with Gasteiger partial charge in [0.05, 0.1) is 25.0 Å². The molecule has 0 spiro atoms. The van der Waals surface area contributed by atoms with E-state index in [0.717, 1.165) is 6.08 Å². The predicted octanol–water partition coefficient (Wildman–Crippen LogP) is 2.02. The van der Waals surface area contributed by atoms with Crippen LogP contribution in [0.25, 0.3) is 0 Å². The zero-order valence-corrected chi connectivity index (χ0v) is 23.1. The zero-order valence-electron chi connectivity index (χ0n) is 23.1. The Hall–Kier alpha value is -3.54. The monoisotopic (exact) mass is 546 g/mol. The maximum absolute atomic E-state index is 13.3. The predicted molar refractivity (Wildman–Crippen MR) is 142 cm³/mol. The number of rotatable bonds is 4. The first-order valence-electron chi connectivity index (χ1n) is 12.6. The van der Waals surface area contributed by atoms with Crippen molar-refractivity contribution < 1.29 is 43.2 Å². The van der Waals surface area contributed by atoms with Gasteiger partial charge in [-0.3, -0.25) is 14.4 Å². The van der Waals surface area contributed by atoms with Gasteiger partial charge < -0.3 is 35.1 Å². The van der Waals surface area contributed by atoms with Crippen LogP contribution in [-0.4, -0.2) is 74.4 Å². The van der Waals surface area contributed by atoms with Crippen molar-refractivity contribution in [1.82, 2.24) is 5.32 Å². The Morgan fingerprint density at radius 1 is 1.05 bits per heavy atom. The van der Waals surface area contributed by atoms with Crippen molar-refractivity contribution >= 4 is 23.6 Å². The van der Waals surface area contributed by atoms with Crippen molar-refractivity contribution in [3.8, 4) is 0 Å². The summed E-state index contributed by atoms with van der Waals surface area (Å²) >= 11 is 0. The van der Waals surface area contributed by atoms with Gasteiger partial charge in [-0.2, -0.15) is 0 Å². The number of hydrogen-bond acceptors (Lipinski definition) is 9. The second kappa shape index (κ2) is 14.6. The van der Waals surface area contributed by atoms with Gasteiger partial charge in [-0.15, -0.1) is 0 Å². The van der Waals surface area contributed by atoms with Crippen LogP contribution < -0.4 is 11.1 Å². The largest absolute Gasteiger partial charge is 0.492 e. The highest BCUT2D eigenvalue weighted by Gasteiger charge is 2.33. The first kappa shape index (κ1) is 31.7. The maximum atomic E-state index is 13.3. The normalized spacial score (nSPS) is 32.4. The van der Waals surface area contributed by atoms with Crippen LogP contribution in [0.1, 0.15) is 33.6 Å². The topological polar surface area (TPSA) is 163 Å². The molecule has 2 bridgehead atoms. The molecule has 214 valence electrons. The van der Waals surface area contributed by atoms with Crippen LogP contribution in [0.2, 0.25) is 0 Å². The highest BCUT2D eigenvalue weighted by molar-refractivity contribution is 6.23. The fourth-order valence-corrected chi connectivity index (χ4v) is 4.40. The molecule has 39 heavy (non-hydrogen) atoms. The summed E-state index contributed by atoms with van der Waals surface area (Å²) in [7, 11) is 4.19. The smallest absolute Gasteiger partial charge is 0.405 e. The minimum absolute atomic E-state index is 0.0807. The third-order valence-corrected chi connectivity index (χ3v) is 6.61. The molecule has 0 radical (unpaired) electrons. The number of carbonyl (C=O) groups is 4. The number of ketones is 2. The van der Waals surface area contributed by atoms with E-state index in [9.17, 15) is 24.3 Å². The van der Waals surface area contributed by atoms with Crippen LogP contribution in [0.4, 0.5) is 4.79 Å². The number of nitrogens with two attached hydrogens (primary N) is 1. The molecule has 0 aromatic rings. The molecule has 6 atom stereocenters. The average Bonchev–Trinajstić information content (AvgIpc) is 2.89. The minimum Gasteiger partial charge on any atom is -0.492 e. The molecule has 11 nitrogen and oxygen atoms in total. The number of fused-ring (bicyclic) bond motifs is 2. The summed E-state index contributed by atoms with van der Waals surface area (Å²) in [6, 6.07) is 0. The molecular formula is C28H38N2O9. The number of allylic oxidation sites excluding steroid dienone is 4. The van der Waals surface area contributed by atoms with Crippen molar-refractivity contribution in [1.29, 1.82) is 0 Å². The molecule has 4 N–H and O–H groups in total. The highest BCUT2D eigenvalue weighted by atomic mass is 16.6. The second-order valence-electron chi connectivity index (χ2n) is 9.61. The number of carbonyl (C=O) groups excluding carboxylic acids is 4. The first-order valence-corrected chi connectivity index (χ1v) is 12.6. The number of hydrogen-bond donors (Lipinski definition) is 3. The van der Waals surface area contributed by atoms with Gasteiger partial charge in [-0.25, -0.2) is 4.79 Å². The molecule has 1 heterocycles. The van der Waals surface area contributed by atoms with Crippen LogP contribution in [0, 0.1) is 11.8 Å². The van der Waals surface area contributed by atoms with E-state index in [4.69, 9.17) is 24.7 Å². The quantitative estimate of drug-likeness (QED) is 0.353. The fraction of sp³-hybridized carbons (Fsp3) is 0.500. The van der Waals surface area contributed by atoms with Crippen molar-refractivity contribution in [2.45, 2.75) is 58.0 Å². The number of ether oxygens (including phenoxy) is 4. The summed E-state index contributed by atoms with van der Waals surface area (Å²) in [5.41, 5.74) is 5.47. The molecule has 1 aliphatic carbocycles. The van der Waals surface area contributed by atoms with Gasteiger partial charge in [0.2, 0.25) is 11.6 Å². The van der Waals surface area contributed by atoms with Gasteiger partial charge in [0.15, 0.2) is 11.9 Å². The van der Waals surface area contributed by atoms with E-state index in [2.05, 4.69) is 5.32 Å². The molecule has 0 saturated heterocycles. The van der Waals surface area contributed by atoms with E-state index in [-0.39, 0.29) is 34.9 Å². The van der Waals surface area contributed by atoms with Crippen molar-refractivity contribution in [2.75, 3.05) is 21.3 Å². The Kier molecular flexibility index (Phi) is 11.8. The molecule has 1 aliphatic heterocycles. The maximum Gasteiger partial charge on any atom is 0.405 e. The lowest BCUT2D eigenvalue weighted by molar-refractivity contribution is -0.120. The number of primary amides is 1. The third-order valence-electron chi connectivity index (χ3n) is 6.61. The molecule has 0 saturated carbocycles. The number of aliphatic hydroxyl groups is 1. The van der Waals surface area contributed by atoms with Crippen molar-refractivity contribution in [3.05, 3.63) is 59.1 Å². The van der Waals surface area contributed by atoms with E-state index in [1.807, 2.05) is 6.92 Å². The van der Waals surface area contributed by atoms with E-state index < -0.39 is 53.9 Å². The summed E-state index contributed by atoms with van der Waals surface area (Å²) < 4.78 is 21.5. The molecule has 2 aliphatic rings. The molecule has 0 aromatic heterocycles. The lowest BCUT2D eigenvalue weighted by Gasteiger charge is -2.28. The second-order valence-corrected chi connectivity index (χ2v) is 9.61. The standard InChI is InChI=1S/C28H38N2O9/c1-15-12-18-25(33)19(14-20(31)26(18)38-6)30-27(34)17(3)8-7-9-21(36-4)22(39-28(29)35)11-10-16(2)24(32)23(13-15)37-5/h7-11,14-16,21-24,32H,12-13H2,1-6H3,(H2,29,35)(H,30,34)/b9-7-,11-10-,17-8-/t15-,16+,21+,22+,23+,24-/m1/s1. The third kappa shape index (κ3) is 8.47. The summed E-state index contributed by atoms with van der Waals surface area (Å²) in [5, 5.41) is 13.5. The summed E-state index contributed by atoms with van der Waals surface area (Å²) in [6.45, 7) is 5.16. The van der Waals surface area contributed by atoms with Gasteiger partial charge in [-0.05, 0) is 31.8 Å². The van der Waals surface area contributed by atoms with Crippen molar-refractivity contribution in [2.24, 2.45) is 17.6 Å². The van der Waals surface area contributed by atoms with Crippen LogP contribution >= 0.6 is 0 Å². The van der Waals surface area contributed by atoms with Gasteiger partial charge in [0, 0.05) is 37.4 Å². The molecule has 11 heteroatoms.